The van der Waals surface area contributed by atoms with Crippen molar-refractivity contribution >= 4 is 33.0 Å². The summed E-state index contributed by atoms with van der Waals surface area (Å²) in [6.07, 6.45) is 1.58. The number of nitro groups is 1. The van der Waals surface area contributed by atoms with Crippen molar-refractivity contribution < 1.29 is 14.8 Å². The van der Waals surface area contributed by atoms with Gasteiger partial charge in [-0.2, -0.15) is 0 Å². The van der Waals surface area contributed by atoms with E-state index in [0.717, 1.165) is 11.3 Å². The zero-order valence-electron chi connectivity index (χ0n) is 10.5. The summed E-state index contributed by atoms with van der Waals surface area (Å²) in [7, 11) is 0. The molecule has 0 aliphatic rings. The minimum Gasteiger partial charge on any atom is -0.506 e. The van der Waals surface area contributed by atoms with Crippen LogP contribution < -0.4 is 0 Å². The number of pyridine rings is 1. The molecule has 3 rings (SSSR count). The Hall–Kier alpha value is -2.80. The number of rotatable bonds is 3. The maximum absolute atomic E-state index is 12.4. The summed E-state index contributed by atoms with van der Waals surface area (Å²) in [6, 6.07) is 8.62. The maximum Gasteiger partial charge on any atom is 0.269 e. The van der Waals surface area contributed by atoms with Crippen LogP contribution in [0.5, 0.6) is 5.75 Å². The molecule has 1 aromatic carbocycles. The van der Waals surface area contributed by atoms with E-state index in [-0.39, 0.29) is 27.7 Å². The van der Waals surface area contributed by atoms with Crippen molar-refractivity contribution in [1.82, 2.24) is 4.98 Å². The fourth-order valence-electron chi connectivity index (χ4n) is 1.94. The predicted molar refractivity (Wildman–Crippen MR) is 77.8 cm³/mol. The Kier molecular flexibility index (Phi) is 3.11. The van der Waals surface area contributed by atoms with E-state index in [0.29, 0.717) is 10.2 Å². The minimum atomic E-state index is -0.533. The molecule has 0 saturated heterocycles. The van der Waals surface area contributed by atoms with Gasteiger partial charge < -0.3 is 5.11 Å². The summed E-state index contributed by atoms with van der Waals surface area (Å²) >= 11 is 1.09. The smallest absolute Gasteiger partial charge is 0.269 e. The second-order valence-corrected chi connectivity index (χ2v) is 5.27. The first-order chi connectivity index (χ1) is 10.1. The molecule has 6 nitrogen and oxygen atoms in total. The number of fused-ring (bicyclic) bond motifs is 1. The van der Waals surface area contributed by atoms with E-state index >= 15 is 0 Å². The van der Waals surface area contributed by atoms with E-state index in [1.54, 1.807) is 18.3 Å². The number of thiophene rings is 1. The van der Waals surface area contributed by atoms with Crippen molar-refractivity contribution in [1.29, 1.82) is 0 Å². The van der Waals surface area contributed by atoms with E-state index in [4.69, 9.17) is 0 Å². The van der Waals surface area contributed by atoms with Crippen molar-refractivity contribution in [3.8, 4) is 5.75 Å². The first kappa shape index (κ1) is 13.2. The predicted octanol–water partition coefficient (Wildman–Crippen LogP) is 3.14. The van der Waals surface area contributed by atoms with E-state index in [1.165, 1.54) is 24.3 Å². The molecule has 21 heavy (non-hydrogen) atoms. The number of nitro benzene ring substituents is 1. The van der Waals surface area contributed by atoms with Crippen LogP contribution in [0.3, 0.4) is 0 Å². The third-order valence-electron chi connectivity index (χ3n) is 2.99. The molecule has 0 saturated carbocycles. The number of aromatic nitrogens is 1. The fourth-order valence-corrected chi connectivity index (χ4v) is 2.94. The van der Waals surface area contributed by atoms with Crippen LogP contribution in [0.15, 0.2) is 42.6 Å². The van der Waals surface area contributed by atoms with Crippen molar-refractivity contribution in [2.75, 3.05) is 0 Å². The largest absolute Gasteiger partial charge is 0.506 e. The van der Waals surface area contributed by atoms with Crippen LogP contribution in [0.1, 0.15) is 15.2 Å². The highest BCUT2D eigenvalue weighted by atomic mass is 32.1. The lowest BCUT2D eigenvalue weighted by Gasteiger charge is -1.99. The van der Waals surface area contributed by atoms with Gasteiger partial charge in [-0.1, -0.05) is 0 Å². The Labute approximate surface area is 122 Å². The molecular formula is C14H8N2O4S. The van der Waals surface area contributed by atoms with Crippen LogP contribution in [0, 0.1) is 10.1 Å². The molecule has 0 spiro atoms. The zero-order chi connectivity index (χ0) is 15.0. The summed E-state index contributed by atoms with van der Waals surface area (Å²) in [4.78, 5) is 27.3. The molecule has 0 aliphatic heterocycles. The highest BCUT2D eigenvalue weighted by molar-refractivity contribution is 7.21. The van der Waals surface area contributed by atoms with Gasteiger partial charge in [0, 0.05) is 23.9 Å². The lowest BCUT2D eigenvalue weighted by molar-refractivity contribution is -0.384. The van der Waals surface area contributed by atoms with E-state index in [9.17, 15) is 20.0 Å². The van der Waals surface area contributed by atoms with Crippen LogP contribution in [-0.2, 0) is 0 Å². The van der Waals surface area contributed by atoms with Gasteiger partial charge in [-0.05, 0) is 24.3 Å². The number of nitrogens with zero attached hydrogens (tertiary/aromatic N) is 2. The summed E-state index contributed by atoms with van der Waals surface area (Å²) in [5.41, 5.74) is 0.191. The molecule has 0 aliphatic carbocycles. The molecular weight excluding hydrogens is 292 g/mol. The lowest BCUT2D eigenvalue weighted by Crippen LogP contribution is -1.99. The number of non-ortho nitro benzene ring substituents is 1. The van der Waals surface area contributed by atoms with E-state index in [2.05, 4.69) is 4.98 Å². The van der Waals surface area contributed by atoms with Crippen LogP contribution in [0.25, 0.3) is 10.2 Å². The lowest BCUT2D eigenvalue weighted by atomic mass is 10.1. The van der Waals surface area contributed by atoms with Gasteiger partial charge in [-0.15, -0.1) is 11.3 Å². The molecule has 2 heterocycles. The van der Waals surface area contributed by atoms with Crippen molar-refractivity contribution in [2.24, 2.45) is 0 Å². The van der Waals surface area contributed by atoms with Gasteiger partial charge in [0.25, 0.3) is 5.69 Å². The summed E-state index contributed by atoms with van der Waals surface area (Å²) < 4.78 is 0. The van der Waals surface area contributed by atoms with Gasteiger partial charge >= 0.3 is 0 Å². The number of hydrogen-bond donors (Lipinski definition) is 1. The number of benzene rings is 1. The quantitative estimate of drug-likeness (QED) is 0.455. The average Bonchev–Trinajstić information content (AvgIpc) is 2.84. The number of hydrogen-bond acceptors (Lipinski definition) is 6. The normalized spacial score (nSPS) is 10.7. The number of carbonyl (C=O) groups is 1. The Morgan fingerprint density at radius 2 is 1.95 bits per heavy atom. The Bertz CT molecular complexity index is 855. The number of ketones is 1. The van der Waals surface area contributed by atoms with Crippen molar-refractivity contribution in [3.63, 3.8) is 0 Å². The summed E-state index contributed by atoms with van der Waals surface area (Å²) in [5, 5.41) is 21.2. The Morgan fingerprint density at radius 3 is 2.57 bits per heavy atom. The van der Waals surface area contributed by atoms with E-state index < -0.39 is 4.92 Å². The van der Waals surface area contributed by atoms with Gasteiger partial charge in [0.05, 0.1) is 10.3 Å². The highest BCUT2D eigenvalue weighted by Gasteiger charge is 2.20. The molecule has 2 aromatic heterocycles. The van der Waals surface area contributed by atoms with Crippen LogP contribution >= 0.6 is 11.3 Å². The van der Waals surface area contributed by atoms with Gasteiger partial charge in [-0.3, -0.25) is 14.9 Å². The van der Waals surface area contributed by atoms with Gasteiger partial charge in [0.15, 0.2) is 0 Å². The van der Waals surface area contributed by atoms with Crippen LogP contribution in [-0.4, -0.2) is 20.8 Å². The fraction of sp³-hybridized carbons (Fsp3) is 0. The zero-order valence-corrected chi connectivity index (χ0v) is 11.3. The Morgan fingerprint density at radius 1 is 1.24 bits per heavy atom. The van der Waals surface area contributed by atoms with Crippen molar-refractivity contribution in [3.05, 3.63) is 63.1 Å². The molecule has 7 heteroatoms. The maximum atomic E-state index is 12.4. The highest BCUT2D eigenvalue weighted by Crippen LogP contribution is 2.36. The second-order valence-electron chi connectivity index (χ2n) is 4.27. The van der Waals surface area contributed by atoms with Crippen LogP contribution in [0.2, 0.25) is 0 Å². The molecule has 1 N–H and O–H groups in total. The van der Waals surface area contributed by atoms with Gasteiger partial charge in [0.2, 0.25) is 5.78 Å². The third kappa shape index (κ3) is 2.23. The molecule has 104 valence electrons. The molecule has 0 unspecified atom stereocenters. The van der Waals surface area contributed by atoms with Gasteiger partial charge in [0.1, 0.15) is 15.5 Å². The topological polar surface area (TPSA) is 93.3 Å². The van der Waals surface area contributed by atoms with Gasteiger partial charge in [-0.25, -0.2) is 4.98 Å². The Balaban J connectivity index is 2.04. The summed E-state index contributed by atoms with van der Waals surface area (Å²) in [5.74, 6) is -0.489. The molecule has 3 aromatic rings. The third-order valence-corrected chi connectivity index (χ3v) is 4.09. The molecule has 0 amide bonds. The van der Waals surface area contributed by atoms with E-state index in [1.807, 2.05) is 0 Å². The molecule has 0 bridgehead atoms. The van der Waals surface area contributed by atoms with Crippen LogP contribution in [0.4, 0.5) is 5.69 Å². The number of aromatic hydroxyl groups is 1. The molecule has 0 atom stereocenters. The summed E-state index contributed by atoms with van der Waals surface area (Å²) in [6.45, 7) is 0. The monoisotopic (exact) mass is 300 g/mol. The standard InChI is InChI=1S/C14H8N2O4S/c17-11(8-3-5-9(6-4-8)16(19)20)13-12(18)10-2-1-7-15-14(10)21-13/h1-7,18H. The average molecular weight is 300 g/mol. The minimum absolute atomic E-state index is 0.0891. The SMILES string of the molecule is O=C(c1ccc([N+](=O)[O-])cc1)c1sc2ncccc2c1O. The second kappa shape index (κ2) is 4.95. The van der Waals surface area contributed by atoms with Crippen molar-refractivity contribution in [2.45, 2.75) is 0 Å². The first-order valence-electron chi connectivity index (χ1n) is 5.93. The number of carbonyl (C=O) groups excluding carboxylic acids is 1. The first-order valence-corrected chi connectivity index (χ1v) is 6.75. The molecule has 0 radical (unpaired) electrons. The molecule has 0 fully saturated rings.